The van der Waals surface area contributed by atoms with Crippen molar-refractivity contribution in [2.75, 3.05) is 19.1 Å². The number of carbonyl (C=O) groups is 2. The van der Waals surface area contributed by atoms with Gasteiger partial charge in [-0.1, -0.05) is 42.5 Å². The van der Waals surface area contributed by atoms with Crippen LogP contribution in [0.5, 0.6) is 5.75 Å². The molecule has 0 fully saturated rings. The number of carboxylic acids is 1. The fourth-order valence-electron chi connectivity index (χ4n) is 3.73. The van der Waals surface area contributed by atoms with Gasteiger partial charge in [0.25, 0.3) is 5.91 Å². The summed E-state index contributed by atoms with van der Waals surface area (Å²) in [4.78, 5) is 31.1. The van der Waals surface area contributed by atoms with Gasteiger partial charge in [0, 0.05) is 36.5 Å². The molecule has 0 saturated carbocycles. The maximum atomic E-state index is 12.7. The number of amides is 1. The summed E-state index contributed by atoms with van der Waals surface area (Å²) in [5.41, 5.74) is 4.20. The summed E-state index contributed by atoms with van der Waals surface area (Å²) in [6, 6.07) is 23.2. The molecule has 36 heavy (non-hydrogen) atoms. The third-order valence-corrected chi connectivity index (χ3v) is 6.68. The number of thiazole rings is 1. The number of nitrogens with one attached hydrogen (secondary N) is 1. The molecule has 1 atom stereocenters. The Hall–Kier alpha value is -4.17. The van der Waals surface area contributed by atoms with Gasteiger partial charge in [-0.05, 0) is 47.5 Å². The summed E-state index contributed by atoms with van der Waals surface area (Å²) >= 11 is 1.56. The number of carbonyl (C=O) groups excluding carboxylic acids is 1. The maximum absolute atomic E-state index is 12.7. The van der Waals surface area contributed by atoms with E-state index >= 15 is 0 Å². The average Bonchev–Trinajstić information content (AvgIpc) is 3.40. The van der Waals surface area contributed by atoms with Crippen LogP contribution in [0.1, 0.15) is 21.5 Å². The normalized spacial score (nSPS) is 11.5. The predicted molar refractivity (Wildman–Crippen MR) is 142 cm³/mol. The molecule has 0 radical (unpaired) electrons. The van der Waals surface area contributed by atoms with Crippen LogP contribution in [-0.2, 0) is 17.8 Å². The molecule has 4 rings (SSSR count). The number of nitrogens with zero attached hydrogens (tertiary/aromatic N) is 2. The number of rotatable bonds is 10. The maximum Gasteiger partial charge on any atom is 0.326 e. The standard InChI is InChI=1S/C28H27N3O4S/c1-31(28-30-25(18-36-28)21-12-14-23(35-2)15-13-21)17-20-8-10-22(11-9-20)26(32)29-24(27(33)34)16-19-6-4-3-5-7-19/h3-15,18,24H,16-17H2,1-2H3,(H,29,32)(H,33,34). The molecule has 4 aromatic rings. The monoisotopic (exact) mass is 501 g/mol. The number of methoxy groups -OCH3 is 1. The lowest BCUT2D eigenvalue weighted by molar-refractivity contribution is -0.139. The fourth-order valence-corrected chi connectivity index (χ4v) is 4.53. The second-order valence-electron chi connectivity index (χ2n) is 8.35. The van der Waals surface area contributed by atoms with Gasteiger partial charge in [0.15, 0.2) is 5.13 Å². The Bertz CT molecular complexity index is 1300. The van der Waals surface area contributed by atoms with E-state index in [4.69, 9.17) is 9.72 Å². The van der Waals surface area contributed by atoms with Crippen molar-refractivity contribution in [2.45, 2.75) is 19.0 Å². The first kappa shape index (κ1) is 24.9. The minimum atomic E-state index is -1.07. The Kier molecular flexibility index (Phi) is 7.97. The van der Waals surface area contributed by atoms with Crippen LogP contribution in [0.3, 0.4) is 0 Å². The molecule has 0 saturated heterocycles. The van der Waals surface area contributed by atoms with E-state index in [1.807, 2.05) is 84.1 Å². The van der Waals surface area contributed by atoms with Crippen LogP contribution in [0.4, 0.5) is 5.13 Å². The van der Waals surface area contributed by atoms with Crippen molar-refractivity contribution in [2.24, 2.45) is 0 Å². The van der Waals surface area contributed by atoms with Gasteiger partial charge < -0.3 is 20.1 Å². The van der Waals surface area contributed by atoms with E-state index in [0.29, 0.717) is 12.1 Å². The first-order valence-corrected chi connectivity index (χ1v) is 12.3. The minimum Gasteiger partial charge on any atom is -0.497 e. The highest BCUT2D eigenvalue weighted by Crippen LogP contribution is 2.28. The van der Waals surface area contributed by atoms with Crippen molar-refractivity contribution in [3.63, 3.8) is 0 Å². The zero-order valence-electron chi connectivity index (χ0n) is 20.0. The number of aliphatic carboxylic acids is 1. The number of anilines is 1. The van der Waals surface area contributed by atoms with Gasteiger partial charge in [-0.25, -0.2) is 9.78 Å². The average molecular weight is 502 g/mol. The first-order valence-electron chi connectivity index (χ1n) is 11.4. The molecule has 3 aromatic carbocycles. The molecular formula is C28H27N3O4S. The van der Waals surface area contributed by atoms with Gasteiger partial charge in [0.05, 0.1) is 12.8 Å². The first-order chi connectivity index (χ1) is 17.4. The molecule has 0 aliphatic rings. The van der Waals surface area contributed by atoms with E-state index in [9.17, 15) is 14.7 Å². The number of hydrogen-bond donors (Lipinski definition) is 2. The van der Waals surface area contributed by atoms with Gasteiger partial charge in [-0.2, -0.15) is 0 Å². The van der Waals surface area contributed by atoms with Crippen molar-refractivity contribution in [3.05, 3.63) is 101 Å². The molecule has 0 spiro atoms. The molecule has 184 valence electrons. The van der Waals surface area contributed by atoms with Crippen molar-refractivity contribution < 1.29 is 19.4 Å². The Morgan fingerprint density at radius 1 is 1.00 bits per heavy atom. The van der Waals surface area contributed by atoms with Crippen LogP contribution in [0.2, 0.25) is 0 Å². The zero-order valence-corrected chi connectivity index (χ0v) is 20.9. The highest BCUT2D eigenvalue weighted by molar-refractivity contribution is 7.14. The number of hydrogen-bond acceptors (Lipinski definition) is 6. The number of aromatic nitrogens is 1. The van der Waals surface area contributed by atoms with E-state index in [-0.39, 0.29) is 6.42 Å². The van der Waals surface area contributed by atoms with Crippen LogP contribution in [0.15, 0.2) is 84.2 Å². The third-order valence-electron chi connectivity index (χ3n) is 5.73. The van der Waals surface area contributed by atoms with Crippen LogP contribution in [0.25, 0.3) is 11.3 Å². The molecular weight excluding hydrogens is 474 g/mol. The molecule has 0 aliphatic carbocycles. The van der Waals surface area contributed by atoms with Crippen molar-refractivity contribution in [1.82, 2.24) is 10.3 Å². The minimum absolute atomic E-state index is 0.219. The van der Waals surface area contributed by atoms with Crippen molar-refractivity contribution in [3.8, 4) is 17.0 Å². The Morgan fingerprint density at radius 2 is 1.69 bits per heavy atom. The van der Waals surface area contributed by atoms with E-state index in [1.54, 1.807) is 30.6 Å². The summed E-state index contributed by atoms with van der Waals surface area (Å²) in [5, 5.41) is 15.1. The van der Waals surface area contributed by atoms with Gasteiger partial charge in [-0.15, -0.1) is 11.3 Å². The zero-order chi connectivity index (χ0) is 25.5. The molecule has 1 aromatic heterocycles. The third kappa shape index (κ3) is 6.28. The predicted octanol–water partition coefficient (Wildman–Crippen LogP) is 4.88. The quantitative estimate of drug-likeness (QED) is 0.322. The summed E-state index contributed by atoms with van der Waals surface area (Å²) in [6.45, 7) is 0.614. The SMILES string of the molecule is COc1ccc(-c2csc(N(C)Cc3ccc(C(=O)NC(Cc4ccccc4)C(=O)O)cc3)n2)cc1. The van der Waals surface area contributed by atoms with Crippen LogP contribution in [-0.4, -0.2) is 42.2 Å². The summed E-state index contributed by atoms with van der Waals surface area (Å²) < 4.78 is 5.21. The van der Waals surface area contributed by atoms with Crippen LogP contribution < -0.4 is 15.0 Å². The highest BCUT2D eigenvalue weighted by Gasteiger charge is 2.21. The summed E-state index contributed by atoms with van der Waals surface area (Å²) in [6.07, 6.45) is 0.219. The Morgan fingerprint density at radius 3 is 2.33 bits per heavy atom. The molecule has 7 nitrogen and oxygen atoms in total. The molecule has 2 N–H and O–H groups in total. The van der Waals surface area contributed by atoms with E-state index in [2.05, 4.69) is 5.32 Å². The fraction of sp³-hybridized carbons (Fsp3) is 0.179. The highest BCUT2D eigenvalue weighted by atomic mass is 32.1. The van der Waals surface area contributed by atoms with E-state index in [0.717, 1.165) is 33.3 Å². The van der Waals surface area contributed by atoms with Crippen molar-refractivity contribution in [1.29, 1.82) is 0 Å². The second kappa shape index (κ2) is 11.5. The number of carboxylic acid groups (broad SMARTS) is 1. The molecule has 1 unspecified atom stereocenters. The van der Waals surface area contributed by atoms with Gasteiger partial charge in [0.2, 0.25) is 0 Å². The molecule has 8 heteroatoms. The molecule has 1 heterocycles. The van der Waals surface area contributed by atoms with Crippen LogP contribution in [0, 0.1) is 0 Å². The van der Waals surface area contributed by atoms with Gasteiger partial charge >= 0.3 is 5.97 Å². The smallest absolute Gasteiger partial charge is 0.326 e. The number of benzene rings is 3. The van der Waals surface area contributed by atoms with Gasteiger partial charge in [-0.3, -0.25) is 4.79 Å². The largest absolute Gasteiger partial charge is 0.497 e. The number of ether oxygens (including phenoxy) is 1. The van der Waals surface area contributed by atoms with Crippen molar-refractivity contribution >= 4 is 28.3 Å². The van der Waals surface area contributed by atoms with E-state index in [1.165, 1.54) is 0 Å². The lowest BCUT2D eigenvalue weighted by Gasteiger charge is -2.17. The lowest BCUT2D eigenvalue weighted by atomic mass is 10.1. The lowest BCUT2D eigenvalue weighted by Crippen LogP contribution is -2.42. The Balaban J connectivity index is 1.36. The summed E-state index contributed by atoms with van der Waals surface area (Å²) in [5.74, 6) is -0.677. The molecule has 0 bridgehead atoms. The second-order valence-corrected chi connectivity index (χ2v) is 9.19. The Labute approximate surface area is 214 Å². The van der Waals surface area contributed by atoms with Crippen LogP contribution >= 0.6 is 11.3 Å². The summed E-state index contributed by atoms with van der Waals surface area (Å²) in [7, 11) is 3.61. The molecule has 1 amide bonds. The van der Waals surface area contributed by atoms with E-state index < -0.39 is 17.9 Å². The topological polar surface area (TPSA) is 91.8 Å². The molecule has 0 aliphatic heterocycles. The van der Waals surface area contributed by atoms with Gasteiger partial charge in [0.1, 0.15) is 11.8 Å².